The van der Waals surface area contributed by atoms with Crippen molar-refractivity contribution in [3.8, 4) is 6.07 Å². The van der Waals surface area contributed by atoms with Crippen LogP contribution in [0.25, 0.3) is 0 Å². The first kappa shape index (κ1) is 13.8. The summed E-state index contributed by atoms with van der Waals surface area (Å²) in [6.07, 6.45) is 0. The van der Waals surface area contributed by atoms with E-state index in [1.54, 1.807) is 6.92 Å². The lowest BCUT2D eigenvalue weighted by Gasteiger charge is -2.12. The van der Waals surface area contributed by atoms with E-state index in [9.17, 15) is 4.79 Å². The number of carbonyl (C=O) groups excluding carboxylic acids is 1. The number of hydrogen-bond donors (Lipinski definition) is 2. The van der Waals surface area contributed by atoms with Crippen LogP contribution in [0.2, 0.25) is 0 Å². The zero-order chi connectivity index (χ0) is 13.7. The average molecular weight is 248 g/mol. The lowest BCUT2D eigenvalue weighted by Crippen LogP contribution is -2.16. The van der Waals surface area contributed by atoms with Crippen LogP contribution in [-0.4, -0.2) is 23.6 Å². The van der Waals surface area contributed by atoms with Gasteiger partial charge in [0.05, 0.1) is 12.2 Å². The van der Waals surface area contributed by atoms with Crippen LogP contribution in [0.15, 0.2) is 6.07 Å². The SMILES string of the molecule is CCOC(=O)c1cc(C#N)c(NC(C)C)nc1N. The van der Waals surface area contributed by atoms with Gasteiger partial charge in [0.15, 0.2) is 0 Å². The molecule has 0 radical (unpaired) electrons. The van der Waals surface area contributed by atoms with Gasteiger partial charge in [0.1, 0.15) is 23.3 Å². The lowest BCUT2D eigenvalue weighted by atomic mass is 10.1. The number of esters is 1. The third-order valence-electron chi connectivity index (χ3n) is 2.09. The van der Waals surface area contributed by atoms with Crippen molar-refractivity contribution in [3.63, 3.8) is 0 Å². The summed E-state index contributed by atoms with van der Waals surface area (Å²) in [6.45, 7) is 5.77. The van der Waals surface area contributed by atoms with Gasteiger partial charge in [-0.1, -0.05) is 0 Å². The molecule has 1 aromatic heterocycles. The zero-order valence-corrected chi connectivity index (χ0v) is 10.7. The highest BCUT2D eigenvalue weighted by Crippen LogP contribution is 2.20. The number of nitrogens with zero attached hydrogens (tertiary/aromatic N) is 2. The standard InChI is InChI=1S/C12H16N4O2/c1-4-18-12(17)9-5-8(6-13)11(15-7(2)3)16-10(9)14/h5,7H,4H2,1-3H3,(H3,14,15,16). The second kappa shape index (κ2) is 5.87. The molecule has 0 aliphatic carbocycles. The number of rotatable bonds is 4. The molecule has 18 heavy (non-hydrogen) atoms. The molecule has 6 nitrogen and oxygen atoms in total. The minimum atomic E-state index is -0.574. The molecular weight excluding hydrogens is 232 g/mol. The van der Waals surface area contributed by atoms with Crippen LogP contribution in [-0.2, 0) is 4.74 Å². The van der Waals surface area contributed by atoms with Crippen molar-refractivity contribution >= 4 is 17.6 Å². The first-order chi connectivity index (χ1) is 8.49. The number of aromatic nitrogens is 1. The predicted octanol–water partition coefficient (Wildman–Crippen LogP) is 1.53. The molecule has 1 aromatic rings. The highest BCUT2D eigenvalue weighted by molar-refractivity contribution is 5.95. The highest BCUT2D eigenvalue weighted by atomic mass is 16.5. The van der Waals surface area contributed by atoms with Crippen LogP contribution in [0.5, 0.6) is 0 Å². The molecule has 96 valence electrons. The van der Waals surface area contributed by atoms with E-state index in [-0.39, 0.29) is 29.6 Å². The van der Waals surface area contributed by atoms with Crippen molar-refractivity contribution in [2.45, 2.75) is 26.8 Å². The Morgan fingerprint density at radius 2 is 2.33 bits per heavy atom. The van der Waals surface area contributed by atoms with Gasteiger partial charge in [-0.15, -0.1) is 0 Å². The minimum Gasteiger partial charge on any atom is -0.462 e. The first-order valence-electron chi connectivity index (χ1n) is 5.63. The second-order valence-corrected chi connectivity index (χ2v) is 3.95. The van der Waals surface area contributed by atoms with E-state index in [0.29, 0.717) is 5.82 Å². The fourth-order valence-electron chi connectivity index (χ4n) is 1.37. The molecule has 0 saturated heterocycles. The largest absolute Gasteiger partial charge is 0.462 e. The number of anilines is 2. The summed E-state index contributed by atoms with van der Waals surface area (Å²) < 4.78 is 4.84. The van der Waals surface area contributed by atoms with Gasteiger partial charge in [0, 0.05) is 6.04 Å². The van der Waals surface area contributed by atoms with E-state index in [4.69, 9.17) is 15.7 Å². The molecule has 0 atom stereocenters. The average Bonchev–Trinajstić information content (AvgIpc) is 2.28. The first-order valence-corrected chi connectivity index (χ1v) is 5.63. The van der Waals surface area contributed by atoms with Crippen LogP contribution >= 0.6 is 0 Å². The van der Waals surface area contributed by atoms with Crippen molar-refractivity contribution in [3.05, 3.63) is 17.2 Å². The Labute approximate surface area is 106 Å². The molecule has 0 aliphatic heterocycles. The Morgan fingerprint density at radius 1 is 1.67 bits per heavy atom. The molecule has 6 heteroatoms. The van der Waals surface area contributed by atoms with Crippen LogP contribution in [0.1, 0.15) is 36.7 Å². The second-order valence-electron chi connectivity index (χ2n) is 3.95. The number of nitrogen functional groups attached to an aromatic ring is 1. The van der Waals surface area contributed by atoms with Gasteiger partial charge in [-0.2, -0.15) is 5.26 Å². The van der Waals surface area contributed by atoms with Crippen molar-refractivity contribution in [1.82, 2.24) is 4.98 Å². The Hall–Kier alpha value is -2.29. The molecule has 0 spiro atoms. The summed E-state index contributed by atoms with van der Waals surface area (Å²) in [4.78, 5) is 15.6. The highest BCUT2D eigenvalue weighted by Gasteiger charge is 2.16. The van der Waals surface area contributed by atoms with Gasteiger partial charge in [-0.3, -0.25) is 0 Å². The molecular formula is C12H16N4O2. The van der Waals surface area contributed by atoms with E-state index < -0.39 is 5.97 Å². The number of hydrogen-bond acceptors (Lipinski definition) is 6. The maximum atomic E-state index is 11.6. The summed E-state index contributed by atoms with van der Waals surface area (Å²) in [7, 11) is 0. The summed E-state index contributed by atoms with van der Waals surface area (Å²) in [5, 5.41) is 12.0. The van der Waals surface area contributed by atoms with Gasteiger partial charge < -0.3 is 15.8 Å². The number of nitrogens with one attached hydrogen (secondary N) is 1. The summed E-state index contributed by atoms with van der Waals surface area (Å²) in [5.41, 5.74) is 6.07. The fourth-order valence-corrected chi connectivity index (χ4v) is 1.37. The van der Waals surface area contributed by atoms with E-state index in [1.807, 2.05) is 19.9 Å². The molecule has 0 saturated carbocycles. The maximum Gasteiger partial charge on any atom is 0.341 e. The molecule has 0 aromatic carbocycles. The van der Waals surface area contributed by atoms with Crippen LogP contribution in [0.4, 0.5) is 11.6 Å². The van der Waals surface area contributed by atoms with Crippen molar-refractivity contribution < 1.29 is 9.53 Å². The summed E-state index contributed by atoms with van der Waals surface area (Å²) >= 11 is 0. The van der Waals surface area contributed by atoms with Crippen molar-refractivity contribution in [2.24, 2.45) is 0 Å². The number of carbonyl (C=O) groups is 1. The third kappa shape index (κ3) is 3.10. The number of ether oxygens (including phenoxy) is 1. The van der Waals surface area contributed by atoms with E-state index in [0.717, 1.165) is 0 Å². The summed E-state index contributed by atoms with van der Waals surface area (Å²) in [5.74, 6) is -0.149. The molecule has 0 unspecified atom stereocenters. The lowest BCUT2D eigenvalue weighted by molar-refractivity contribution is 0.0527. The van der Waals surface area contributed by atoms with Gasteiger partial charge >= 0.3 is 5.97 Å². The Bertz CT molecular complexity index is 492. The minimum absolute atomic E-state index is 0.0515. The topological polar surface area (TPSA) is 101 Å². The van der Waals surface area contributed by atoms with Gasteiger partial charge in [0.25, 0.3) is 0 Å². The van der Waals surface area contributed by atoms with E-state index in [2.05, 4.69) is 10.3 Å². The zero-order valence-electron chi connectivity index (χ0n) is 10.7. The molecule has 1 heterocycles. The number of nitrogens with two attached hydrogens (primary N) is 1. The van der Waals surface area contributed by atoms with Crippen LogP contribution in [0.3, 0.4) is 0 Å². The van der Waals surface area contributed by atoms with Gasteiger partial charge in [0.2, 0.25) is 0 Å². The van der Waals surface area contributed by atoms with Crippen LogP contribution < -0.4 is 11.1 Å². The van der Waals surface area contributed by atoms with Gasteiger partial charge in [-0.25, -0.2) is 9.78 Å². The fraction of sp³-hybridized carbons (Fsp3) is 0.417. The molecule has 1 rings (SSSR count). The van der Waals surface area contributed by atoms with Crippen molar-refractivity contribution in [1.29, 1.82) is 5.26 Å². The predicted molar refractivity (Wildman–Crippen MR) is 68.1 cm³/mol. The molecule has 3 N–H and O–H groups in total. The Kier molecular flexibility index (Phi) is 4.49. The van der Waals surface area contributed by atoms with E-state index >= 15 is 0 Å². The smallest absolute Gasteiger partial charge is 0.341 e. The monoisotopic (exact) mass is 248 g/mol. The molecule has 0 bridgehead atoms. The van der Waals surface area contributed by atoms with Gasteiger partial charge in [-0.05, 0) is 26.8 Å². The normalized spacial score (nSPS) is 9.94. The van der Waals surface area contributed by atoms with Crippen molar-refractivity contribution in [2.75, 3.05) is 17.7 Å². The number of nitriles is 1. The quantitative estimate of drug-likeness (QED) is 0.783. The maximum absolute atomic E-state index is 11.6. The van der Waals surface area contributed by atoms with E-state index in [1.165, 1.54) is 6.07 Å². The van der Waals surface area contributed by atoms with Crippen LogP contribution in [0, 0.1) is 11.3 Å². The molecule has 0 aliphatic rings. The number of pyridine rings is 1. The molecule has 0 amide bonds. The Morgan fingerprint density at radius 3 is 2.83 bits per heavy atom. The Balaban J connectivity index is 3.19. The molecule has 0 fully saturated rings. The summed E-state index contributed by atoms with van der Waals surface area (Å²) in [6, 6.07) is 3.48. The third-order valence-corrected chi connectivity index (χ3v) is 2.09.